The van der Waals surface area contributed by atoms with Gasteiger partial charge in [0.2, 0.25) is 5.91 Å². The number of hydrogen-bond donors (Lipinski definition) is 2. The lowest BCUT2D eigenvalue weighted by atomic mass is 9.98. The van der Waals surface area contributed by atoms with Crippen LogP contribution in [0.3, 0.4) is 0 Å². The van der Waals surface area contributed by atoms with E-state index in [0.29, 0.717) is 38.6 Å². The Labute approximate surface area is 221 Å². The monoisotopic (exact) mass is 530 g/mol. The summed E-state index contributed by atoms with van der Waals surface area (Å²) < 4.78 is 22.1. The molecule has 0 spiro atoms. The Bertz CT molecular complexity index is 1700. The molecule has 38 heavy (non-hydrogen) atoms. The Morgan fingerprint density at radius 1 is 1.24 bits per heavy atom. The van der Waals surface area contributed by atoms with Gasteiger partial charge in [-0.25, -0.2) is 19.3 Å². The number of carbonyl (C=O) groups is 1. The first-order valence-electron chi connectivity index (χ1n) is 11.3. The molecule has 3 heterocycles. The van der Waals surface area contributed by atoms with Crippen LogP contribution < -0.4 is 15.8 Å². The largest absolute Gasteiger partial charge is 0.421 e. The number of benzene rings is 2. The summed E-state index contributed by atoms with van der Waals surface area (Å²) in [6, 6.07) is 11.4. The summed E-state index contributed by atoms with van der Waals surface area (Å²) in [5.74, 6) is -0.842. The number of aromatic nitrogens is 6. The van der Waals surface area contributed by atoms with E-state index in [1.807, 2.05) is 0 Å². The fourth-order valence-corrected chi connectivity index (χ4v) is 4.11. The number of nitrogens with one attached hydrogen (secondary N) is 1. The van der Waals surface area contributed by atoms with E-state index in [2.05, 4.69) is 37.0 Å². The Hall–Kier alpha value is -4.90. The van der Waals surface area contributed by atoms with Crippen molar-refractivity contribution in [1.29, 1.82) is 0 Å². The normalized spacial score (nSPS) is 10.9. The smallest absolute Gasteiger partial charge is 0.322 e. The number of ether oxygens (including phenoxy) is 1. The van der Waals surface area contributed by atoms with Gasteiger partial charge in [0.25, 0.3) is 0 Å². The molecule has 0 aliphatic heterocycles. The van der Waals surface area contributed by atoms with Gasteiger partial charge in [-0.2, -0.15) is 0 Å². The lowest BCUT2D eigenvalue weighted by Crippen LogP contribution is -2.19. The standard InChI is InChI=1S/C26H20ClFN8O2/c1-3-21(37)31-12-15-4-6-17(18(27)10-15)23-22(24-25(29)32-13-33-36(24)35-23)16-5-7-20(19(28)11-16)38-26-30-9-8-14(2)34-26/h3-11,13H,1,12H2,2H3,(H,31,37)(H2,29,32,33). The summed E-state index contributed by atoms with van der Waals surface area (Å²) in [6.07, 6.45) is 3.99. The van der Waals surface area contributed by atoms with Crippen molar-refractivity contribution in [2.45, 2.75) is 13.5 Å². The van der Waals surface area contributed by atoms with Crippen molar-refractivity contribution >= 4 is 28.8 Å². The van der Waals surface area contributed by atoms with E-state index < -0.39 is 5.82 Å². The number of nitrogens with two attached hydrogens (primary N) is 1. The summed E-state index contributed by atoms with van der Waals surface area (Å²) in [4.78, 5) is 23.7. The number of amides is 1. The molecule has 0 saturated heterocycles. The highest BCUT2D eigenvalue weighted by Crippen LogP contribution is 2.40. The van der Waals surface area contributed by atoms with Gasteiger partial charge in [0.15, 0.2) is 17.4 Å². The number of fused-ring (bicyclic) bond motifs is 1. The molecule has 3 aromatic heterocycles. The maximum atomic E-state index is 15.2. The molecule has 0 fully saturated rings. The van der Waals surface area contributed by atoms with Gasteiger partial charge in [-0.05, 0) is 48.4 Å². The molecule has 5 aromatic rings. The Kier molecular flexibility index (Phi) is 6.67. The molecule has 0 saturated carbocycles. The summed E-state index contributed by atoms with van der Waals surface area (Å²) in [6.45, 7) is 5.48. The highest BCUT2D eigenvalue weighted by atomic mass is 35.5. The lowest BCUT2D eigenvalue weighted by Gasteiger charge is -2.10. The molecule has 0 unspecified atom stereocenters. The zero-order valence-corrected chi connectivity index (χ0v) is 20.8. The van der Waals surface area contributed by atoms with Crippen molar-refractivity contribution < 1.29 is 13.9 Å². The molecule has 0 atom stereocenters. The van der Waals surface area contributed by atoms with E-state index >= 15 is 4.39 Å². The molecule has 2 aromatic carbocycles. The number of nitrogen functional groups attached to an aromatic ring is 1. The maximum Gasteiger partial charge on any atom is 0.322 e. The number of nitrogens with zero attached hydrogens (tertiary/aromatic N) is 6. The number of aryl methyl sites for hydroxylation is 1. The number of carbonyl (C=O) groups excluding carboxylic acids is 1. The minimum absolute atomic E-state index is 0.0297. The third-order valence-electron chi connectivity index (χ3n) is 5.60. The summed E-state index contributed by atoms with van der Waals surface area (Å²) >= 11 is 6.64. The van der Waals surface area contributed by atoms with Crippen molar-refractivity contribution in [1.82, 2.24) is 35.1 Å². The Balaban J connectivity index is 1.58. The molecule has 3 N–H and O–H groups in total. The molecule has 0 bridgehead atoms. The average Bonchev–Trinajstić information content (AvgIpc) is 3.29. The van der Waals surface area contributed by atoms with Gasteiger partial charge in [-0.3, -0.25) is 4.79 Å². The quantitative estimate of drug-likeness (QED) is 0.293. The minimum atomic E-state index is -0.646. The average molecular weight is 531 g/mol. The molecule has 10 nitrogen and oxygen atoms in total. The van der Waals surface area contributed by atoms with Crippen LogP contribution in [0.5, 0.6) is 11.8 Å². The predicted molar refractivity (Wildman–Crippen MR) is 140 cm³/mol. The van der Waals surface area contributed by atoms with E-state index in [1.54, 1.807) is 37.3 Å². The van der Waals surface area contributed by atoms with Gasteiger partial charge in [0, 0.05) is 29.6 Å². The van der Waals surface area contributed by atoms with Crippen molar-refractivity contribution in [3.8, 4) is 34.1 Å². The molecule has 1 amide bonds. The van der Waals surface area contributed by atoms with Gasteiger partial charge in [0.05, 0.1) is 5.02 Å². The highest BCUT2D eigenvalue weighted by molar-refractivity contribution is 6.33. The predicted octanol–water partition coefficient (Wildman–Crippen LogP) is 4.53. The molecule has 5 rings (SSSR count). The molecule has 0 radical (unpaired) electrons. The minimum Gasteiger partial charge on any atom is -0.421 e. The van der Waals surface area contributed by atoms with Crippen LogP contribution in [0.25, 0.3) is 27.9 Å². The van der Waals surface area contributed by atoms with Crippen LogP contribution in [0.1, 0.15) is 11.3 Å². The molecule has 12 heteroatoms. The molecular weight excluding hydrogens is 511 g/mol. The second-order valence-electron chi connectivity index (χ2n) is 8.17. The fourth-order valence-electron chi connectivity index (χ4n) is 3.82. The van der Waals surface area contributed by atoms with Crippen molar-refractivity contribution in [2.75, 3.05) is 5.73 Å². The third kappa shape index (κ3) is 4.87. The number of halogens is 2. The van der Waals surface area contributed by atoms with Crippen LogP contribution in [0.2, 0.25) is 5.02 Å². The molecule has 190 valence electrons. The molecule has 0 aliphatic carbocycles. The van der Waals surface area contributed by atoms with Crippen molar-refractivity contribution in [3.05, 3.63) is 89.7 Å². The molecule has 0 aliphatic rings. The van der Waals surface area contributed by atoms with Crippen molar-refractivity contribution in [3.63, 3.8) is 0 Å². The fraction of sp³-hybridized carbons (Fsp3) is 0.0769. The maximum absolute atomic E-state index is 15.2. The number of hydrogen-bond acceptors (Lipinski definition) is 8. The van der Waals surface area contributed by atoms with Gasteiger partial charge >= 0.3 is 6.01 Å². The SMILES string of the molecule is C=CC(=O)NCc1ccc(-c2nn3ncnc(N)c3c2-c2ccc(Oc3nccc(C)n3)c(F)c2)c(Cl)c1. The van der Waals surface area contributed by atoms with E-state index in [9.17, 15) is 4.79 Å². The summed E-state index contributed by atoms with van der Waals surface area (Å²) in [5, 5.41) is 11.8. The van der Waals surface area contributed by atoms with E-state index in [0.717, 1.165) is 5.56 Å². The Morgan fingerprint density at radius 3 is 2.82 bits per heavy atom. The number of rotatable bonds is 7. The van der Waals surface area contributed by atoms with Crippen molar-refractivity contribution in [2.24, 2.45) is 0 Å². The number of anilines is 1. The first kappa shape index (κ1) is 24.8. The van der Waals surface area contributed by atoms with Crippen LogP contribution in [-0.4, -0.2) is 35.7 Å². The first-order valence-corrected chi connectivity index (χ1v) is 11.7. The topological polar surface area (TPSA) is 133 Å². The van der Waals surface area contributed by atoms with Crippen LogP contribution in [-0.2, 0) is 11.3 Å². The van der Waals surface area contributed by atoms with Crippen LogP contribution in [0.4, 0.5) is 10.2 Å². The lowest BCUT2D eigenvalue weighted by molar-refractivity contribution is -0.116. The summed E-state index contributed by atoms with van der Waals surface area (Å²) in [5.41, 5.74) is 9.92. The zero-order chi connectivity index (χ0) is 26.8. The Morgan fingerprint density at radius 2 is 2.08 bits per heavy atom. The highest BCUT2D eigenvalue weighted by Gasteiger charge is 2.23. The van der Waals surface area contributed by atoms with Gasteiger partial charge in [-0.1, -0.05) is 36.4 Å². The van der Waals surface area contributed by atoms with Gasteiger partial charge < -0.3 is 15.8 Å². The van der Waals surface area contributed by atoms with Gasteiger partial charge in [0.1, 0.15) is 17.5 Å². The van der Waals surface area contributed by atoms with Crippen LogP contribution in [0, 0.1) is 12.7 Å². The van der Waals surface area contributed by atoms with E-state index in [-0.39, 0.29) is 30.0 Å². The molecular formula is C26H20ClFN8O2. The van der Waals surface area contributed by atoms with Gasteiger partial charge in [-0.15, -0.1) is 14.8 Å². The second kappa shape index (κ2) is 10.2. The van der Waals surface area contributed by atoms with Crippen LogP contribution >= 0.6 is 11.6 Å². The van der Waals surface area contributed by atoms with Crippen LogP contribution in [0.15, 0.2) is 67.6 Å². The third-order valence-corrected chi connectivity index (χ3v) is 5.92. The van der Waals surface area contributed by atoms with E-state index in [1.165, 1.54) is 35.4 Å². The van der Waals surface area contributed by atoms with E-state index in [4.69, 9.17) is 22.1 Å². The first-order chi connectivity index (χ1) is 18.3. The second-order valence-corrected chi connectivity index (χ2v) is 8.58. The summed E-state index contributed by atoms with van der Waals surface area (Å²) in [7, 11) is 0. The zero-order valence-electron chi connectivity index (χ0n) is 20.0.